The minimum atomic E-state index is -0.523. The first-order valence-electron chi connectivity index (χ1n) is 13.0. The predicted molar refractivity (Wildman–Crippen MR) is 154 cm³/mol. The van der Waals surface area contributed by atoms with E-state index < -0.39 is 5.91 Å². The number of carbonyl (C=O) groups is 1. The third kappa shape index (κ3) is 5.54. The summed E-state index contributed by atoms with van der Waals surface area (Å²) < 4.78 is 21.0. The summed E-state index contributed by atoms with van der Waals surface area (Å²) >= 11 is 1.44. The molecule has 0 unspecified atom stereocenters. The van der Waals surface area contributed by atoms with E-state index in [2.05, 4.69) is 11.4 Å². The molecule has 4 aromatic rings. The van der Waals surface area contributed by atoms with Crippen molar-refractivity contribution in [2.24, 2.45) is 0 Å². The van der Waals surface area contributed by atoms with E-state index in [1.165, 1.54) is 23.5 Å². The van der Waals surface area contributed by atoms with Gasteiger partial charge in [0.05, 0.1) is 5.56 Å². The third-order valence-corrected chi connectivity index (χ3v) is 8.27. The molecule has 1 amide bonds. The topological polar surface area (TPSA) is 90.8 Å². The summed E-state index contributed by atoms with van der Waals surface area (Å²) in [6.07, 6.45) is 5.47. The van der Waals surface area contributed by atoms with Gasteiger partial charge in [0, 0.05) is 22.0 Å². The number of nitrogens with one attached hydrogen (secondary N) is 1. The van der Waals surface area contributed by atoms with Gasteiger partial charge in [-0.05, 0) is 105 Å². The fourth-order valence-electron chi connectivity index (χ4n) is 5.02. The van der Waals surface area contributed by atoms with Gasteiger partial charge in [-0.25, -0.2) is 4.39 Å². The molecule has 0 bridgehead atoms. The van der Waals surface area contributed by atoms with Crippen molar-refractivity contribution in [3.05, 3.63) is 105 Å². The lowest BCUT2D eigenvalue weighted by Gasteiger charge is -2.12. The molecule has 1 aliphatic rings. The van der Waals surface area contributed by atoms with Gasteiger partial charge >= 0.3 is 0 Å². The molecule has 0 aliphatic heterocycles. The molecule has 1 aliphatic carbocycles. The van der Waals surface area contributed by atoms with Crippen LogP contribution in [-0.4, -0.2) is 10.5 Å². The smallest absolute Gasteiger partial charge is 0.266 e. The summed E-state index contributed by atoms with van der Waals surface area (Å²) in [5.74, 6) is -0.118. The van der Waals surface area contributed by atoms with Crippen LogP contribution in [0.3, 0.4) is 0 Å². The number of fused-ring (bicyclic) bond motifs is 1. The maximum atomic E-state index is 13.1. The number of ether oxygens (including phenoxy) is 1. The first-order chi connectivity index (χ1) is 19.4. The fraction of sp³-hybridized carbons (Fsp3) is 0.219. The molecule has 0 saturated heterocycles. The number of aromatic nitrogens is 1. The molecule has 6 nitrogen and oxygen atoms in total. The minimum absolute atomic E-state index is 0.0277. The Morgan fingerprint density at radius 1 is 1.10 bits per heavy atom. The molecular weight excluding hydrogens is 523 g/mol. The Kier molecular flexibility index (Phi) is 7.82. The Bertz CT molecular complexity index is 1680. The van der Waals surface area contributed by atoms with Gasteiger partial charge in [0.25, 0.3) is 5.91 Å². The van der Waals surface area contributed by atoms with Gasteiger partial charge in [-0.15, -0.1) is 11.3 Å². The van der Waals surface area contributed by atoms with E-state index in [0.29, 0.717) is 22.9 Å². The van der Waals surface area contributed by atoms with Gasteiger partial charge in [0.2, 0.25) is 0 Å². The second kappa shape index (κ2) is 11.6. The van der Waals surface area contributed by atoms with Crippen LogP contribution in [0.2, 0.25) is 0 Å². The van der Waals surface area contributed by atoms with Crippen LogP contribution in [0.15, 0.2) is 60.2 Å². The number of hydrogen-bond acceptors (Lipinski definition) is 5. The molecule has 0 atom stereocenters. The standard InChI is InChI=1S/C32H27FN4O2S/c1-20-15-23(16-24(17-34)31(38)36-32-29(18-35)28-5-3-4-6-30(28)40-32)21(2)37(20)26-11-13-27(14-12-26)39-19-22-7-9-25(33)10-8-22/h7-16H,3-6,19H2,1-2H3,(H,36,38)/b24-16+. The van der Waals surface area contributed by atoms with E-state index in [-0.39, 0.29) is 11.4 Å². The Balaban J connectivity index is 1.33. The number of anilines is 1. The highest BCUT2D eigenvalue weighted by Crippen LogP contribution is 2.38. The third-order valence-electron chi connectivity index (χ3n) is 7.06. The van der Waals surface area contributed by atoms with Crippen molar-refractivity contribution in [1.82, 2.24) is 4.57 Å². The monoisotopic (exact) mass is 550 g/mol. The van der Waals surface area contributed by atoms with Crippen LogP contribution in [0.25, 0.3) is 11.8 Å². The number of hydrogen-bond donors (Lipinski definition) is 1. The first-order valence-corrected chi connectivity index (χ1v) is 13.8. The van der Waals surface area contributed by atoms with E-state index in [9.17, 15) is 19.7 Å². The molecule has 5 rings (SSSR count). The van der Waals surface area contributed by atoms with Crippen molar-refractivity contribution in [2.45, 2.75) is 46.1 Å². The van der Waals surface area contributed by atoms with Gasteiger partial charge in [0.15, 0.2) is 0 Å². The molecule has 2 aromatic carbocycles. The molecule has 0 saturated carbocycles. The second-order valence-corrected chi connectivity index (χ2v) is 10.8. The van der Waals surface area contributed by atoms with Crippen LogP contribution in [0, 0.1) is 42.3 Å². The molecule has 1 N–H and O–H groups in total. The maximum Gasteiger partial charge on any atom is 0.266 e. The Morgan fingerprint density at radius 2 is 1.82 bits per heavy atom. The Morgan fingerprint density at radius 3 is 2.52 bits per heavy atom. The molecule has 0 spiro atoms. The summed E-state index contributed by atoms with van der Waals surface area (Å²) in [6, 6.07) is 20.0. The fourth-order valence-corrected chi connectivity index (χ4v) is 6.25. The largest absolute Gasteiger partial charge is 0.489 e. The molecular formula is C32H27FN4O2S. The highest BCUT2D eigenvalue weighted by molar-refractivity contribution is 7.16. The molecule has 2 heterocycles. The van der Waals surface area contributed by atoms with Gasteiger partial charge in [-0.2, -0.15) is 10.5 Å². The van der Waals surface area contributed by atoms with Crippen LogP contribution in [0.4, 0.5) is 9.39 Å². The number of amides is 1. The lowest BCUT2D eigenvalue weighted by molar-refractivity contribution is -0.112. The number of nitriles is 2. The van der Waals surface area contributed by atoms with E-state index in [1.54, 1.807) is 18.2 Å². The maximum absolute atomic E-state index is 13.1. The summed E-state index contributed by atoms with van der Waals surface area (Å²) in [7, 11) is 0. The van der Waals surface area contributed by atoms with Crippen molar-refractivity contribution in [3.8, 4) is 23.6 Å². The van der Waals surface area contributed by atoms with Crippen molar-refractivity contribution in [3.63, 3.8) is 0 Å². The molecule has 2 aromatic heterocycles. The summed E-state index contributed by atoms with van der Waals surface area (Å²) in [4.78, 5) is 14.2. The van der Waals surface area contributed by atoms with Crippen molar-refractivity contribution >= 4 is 28.3 Å². The zero-order valence-electron chi connectivity index (χ0n) is 22.3. The molecule has 0 radical (unpaired) electrons. The number of nitrogens with zero attached hydrogens (tertiary/aromatic N) is 3. The quantitative estimate of drug-likeness (QED) is 0.195. The van der Waals surface area contributed by atoms with E-state index in [1.807, 2.05) is 54.8 Å². The average Bonchev–Trinajstić information content (AvgIpc) is 3.46. The predicted octanol–water partition coefficient (Wildman–Crippen LogP) is 7.17. The van der Waals surface area contributed by atoms with Crippen LogP contribution in [0.1, 0.15) is 51.4 Å². The molecule has 40 heavy (non-hydrogen) atoms. The Labute approximate surface area is 236 Å². The normalized spacial score (nSPS) is 12.8. The summed E-state index contributed by atoms with van der Waals surface area (Å²) in [6.45, 7) is 4.23. The number of rotatable bonds is 7. The van der Waals surface area contributed by atoms with Gasteiger partial charge in [-0.1, -0.05) is 12.1 Å². The zero-order chi connectivity index (χ0) is 28.2. The molecule has 0 fully saturated rings. The average molecular weight is 551 g/mol. The van der Waals surface area contributed by atoms with Gasteiger partial charge in [-0.3, -0.25) is 4.79 Å². The highest BCUT2D eigenvalue weighted by atomic mass is 32.1. The van der Waals surface area contributed by atoms with Gasteiger partial charge < -0.3 is 14.6 Å². The number of aryl methyl sites for hydroxylation is 2. The highest BCUT2D eigenvalue weighted by Gasteiger charge is 2.23. The zero-order valence-corrected chi connectivity index (χ0v) is 23.1. The van der Waals surface area contributed by atoms with Crippen LogP contribution >= 0.6 is 11.3 Å². The van der Waals surface area contributed by atoms with Crippen LogP contribution in [0.5, 0.6) is 5.75 Å². The summed E-state index contributed by atoms with van der Waals surface area (Å²) in [5, 5.41) is 22.8. The van der Waals surface area contributed by atoms with E-state index in [4.69, 9.17) is 4.74 Å². The molecule has 200 valence electrons. The first kappa shape index (κ1) is 26.9. The van der Waals surface area contributed by atoms with Crippen LogP contribution < -0.4 is 10.1 Å². The van der Waals surface area contributed by atoms with Gasteiger partial charge in [0.1, 0.15) is 40.9 Å². The number of halogens is 1. The number of carbonyl (C=O) groups excluding carboxylic acids is 1. The van der Waals surface area contributed by atoms with Crippen LogP contribution in [-0.2, 0) is 24.2 Å². The van der Waals surface area contributed by atoms with E-state index >= 15 is 0 Å². The molecule has 8 heteroatoms. The van der Waals surface area contributed by atoms with Crippen molar-refractivity contribution in [2.75, 3.05) is 5.32 Å². The number of benzene rings is 2. The van der Waals surface area contributed by atoms with E-state index in [0.717, 1.165) is 64.3 Å². The Hall–Kier alpha value is -4.66. The summed E-state index contributed by atoms with van der Waals surface area (Å²) in [5.41, 5.74) is 5.89. The van der Waals surface area contributed by atoms with Crippen molar-refractivity contribution in [1.29, 1.82) is 10.5 Å². The SMILES string of the molecule is Cc1cc(/C=C(\C#N)C(=O)Nc2sc3c(c2C#N)CCCC3)c(C)n1-c1ccc(OCc2ccc(F)cc2)cc1. The number of thiophene rings is 1. The second-order valence-electron chi connectivity index (χ2n) is 9.72. The van der Waals surface area contributed by atoms with Crippen molar-refractivity contribution < 1.29 is 13.9 Å². The minimum Gasteiger partial charge on any atom is -0.489 e. The lowest BCUT2D eigenvalue weighted by atomic mass is 9.96. The lowest BCUT2D eigenvalue weighted by Crippen LogP contribution is -2.13.